The number of likely N-dealkylation sites (tertiary alicyclic amines) is 1. The van der Waals surface area contributed by atoms with Gasteiger partial charge in [0.2, 0.25) is 0 Å². The van der Waals surface area contributed by atoms with Crippen molar-refractivity contribution in [1.29, 1.82) is 0 Å². The molecule has 1 heterocycles. The third-order valence-electron chi connectivity index (χ3n) is 3.67. The Kier molecular flexibility index (Phi) is 4.39. The number of piperidine rings is 1. The van der Waals surface area contributed by atoms with Gasteiger partial charge in [0.05, 0.1) is 0 Å². The van der Waals surface area contributed by atoms with Crippen LogP contribution in [0.2, 0.25) is 0 Å². The average molecular weight is 198 g/mol. The smallest absolute Gasteiger partial charge is 0.00672 e. The van der Waals surface area contributed by atoms with Crippen molar-refractivity contribution in [2.45, 2.75) is 52.6 Å². The average Bonchev–Trinajstić information content (AvgIpc) is 2.11. The van der Waals surface area contributed by atoms with Gasteiger partial charge in [-0.25, -0.2) is 0 Å². The molecule has 1 saturated heterocycles. The molecule has 0 aromatic heterocycles. The fraction of sp³-hybridized carbons (Fsp3) is 1.00. The molecule has 1 rings (SSSR count). The van der Waals surface area contributed by atoms with E-state index < -0.39 is 0 Å². The lowest BCUT2D eigenvalue weighted by Gasteiger charge is -2.38. The molecule has 4 unspecified atom stereocenters. The first-order valence-electron chi connectivity index (χ1n) is 6.00. The first-order valence-corrected chi connectivity index (χ1v) is 6.00. The molecule has 0 aromatic carbocycles. The van der Waals surface area contributed by atoms with Crippen LogP contribution in [0.1, 0.15) is 40.5 Å². The second-order valence-corrected chi connectivity index (χ2v) is 5.32. The molecule has 0 radical (unpaired) electrons. The Hall–Kier alpha value is -0.0800. The number of nitrogens with two attached hydrogens (primary N) is 1. The second kappa shape index (κ2) is 5.13. The Morgan fingerprint density at radius 2 is 1.93 bits per heavy atom. The maximum atomic E-state index is 5.91. The largest absolute Gasteiger partial charge is 0.328 e. The molecule has 1 fully saturated rings. The molecule has 4 atom stereocenters. The summed E-state index contributed by atoms with van der Waals surface area (Å²) in [7, 11) is 0. The van der Waals surface area contributed by atoms with Gasteiger partial charge in [0.25, 0.3) is 0 Å². The molecule has 0 amide bonds. The van der Waals surface area contributed by atoms with E-state index in [2.05, 4.69) is 32.6 Å². The Balaban J connectivity index is 2.41. The predicted molar refractivity (Wildman–Crippen MR) is 62.2 cm³/mol. The highest BCUT2D eigenvalue weighted by atomic mass is 15.2. The van der Waals surface area contributed by atoms with Crippen molar-refractivity contribution in [3.05, 3.63) is 0 Å². The summed E-state index contributed by atoms with van der Waals surface area (Å²) in [5.74, 6) is 1.48. The maximum absolute atomic E-state index is 5.91. The van der Waals surface area contributed by atoms with Gasteiger partial charge >= 0.3 is 0 Å². The first kappa shape index (κ1) is 12.0. The number of hydrogen-bond donors (Lipinski definition) is 1. The highest BCUT2D eigenvalue weighted by molar-refractivity contribution is 4.79. The molecule has 0 spiro atoms. The van der Waals surface area contributed by atoms with Crippen molar-refractivity contribution >= 4 is 0 Å². The zero-order valence-electron chi connectivity index (χ0n) is 10.2. The van der Waals surface area contributed by atoms with Crippen LogP contribution in [0.5, 0.6) is 0 Å². The molecule has 0 saturated carbocycles. The van der Waals surface area contributed by atoms with E-state index in [-0.39, 0.29) is 0 Å². The van der Waals surface area contributed by atoms with Gasteiger partial charge in [0, 0.05) is 25.2 Å². The summed E-state index contributed by atoms with van der Waals surface area (Å²) in [6, 6.07) is 1.08. The lowest BCUT2D eigenvalue weighted by Crippen LogP contribution is -2.45. The van der Waals surface area contributed by atoms with E-state index in [1.54, 1.807) is 0 Å². The van der Waals surface area contributed by atoms with Gasteiger partial charge in [-0.1, -0.05) is 13.8 Å². The standard InChI is InChI=1S/C12H26N2/c1-9-5-6-11(3)14(7-9)8-10(2)12(4)13/h9-12H,5-8,13H2,1-4H3. The van der Waals surface area contributed by atoms with E-state index >= 15 is 0 Å². The van der Waals surface area contributed by atoms with Gasteiger partial charge in [-0.3, -0.25) is 0 Å². The Morgan fingerprint density at radius 3 is 2.50 bits per heavy atom. The van der Waals surface area contributed by atoms with Crippen LogP contribution >= 0.6 is 0 Å². The minimum absolute atomic E-state index is 0.319. The highest BCUT2D eigenvalue weighted by Crippen LogP contribution is 2.22. The minimum atomic E-state index is 0.319. The van der Waals surface area contributed by atoms with Crippen molar-refractivity contribution < 1.29 is 0 Å². The quantitative estimate of drug-likeness (QED) is 0.752. The van der Waals surface area contributed by atoms with Crippen molar-refractivity contribution in [3.8, 4) is 0 Å². The van der Waals surface area contributed by atoms with E-state index in [0.717, 1.165) is 12.0 Å². The van der Waals surface area contributed by atoms with E-state index in [0.29, 0.717) is 12.0 Å². The summed E-state index contributed by atoms with van der Waals surface area (Å²) < 4.78 is 0. The molecule has 1 aliphatic rings. The third kappa shape index (κ3) is 3.25. The van der Waals surface area contributed by atoms with Gasteiger partial charge in [-0.2, -0.15) is 0 Å². The van der Waals surface area contributed by atoms with Crippen LogP contribution in [-0.2, 0) is 0 Å². The van der Waals surface area contributed by atoms with E-state index in [1.807, 2.05) is 0 Å². The predicted octanol–water partition coefficient (Wildman–Crippen LogP) is 2.09. The Labute approximate surface area is 88.8 Å². The summed E-state index contributed by atoms with van der Waals surface area (Å²) in [5.41, 5.74) is 5.91. The van der Waals surface area contributed by atoms with E-state index in [9.17, 15) is 0 Å². The molecule has 0 bridgehead atoms. The summed E-state index contributed by atoms with van der Waals surface area (Å²) in [5, 5.41) is 0. The summed E-state index contributed by atoms with van der Waals surface area (Å²) in [6.07, 6.45) is 2.75. The SMILES string of the molecule is CC1CCC(C)N(CC(C)C(C)N)C1. The molecule has 2 heteroatoms. The van der Waals surface area contributed by atoms with E-state index in [4.69, 9.17) is 5.73 Å². The number of hydrogen-bond acceptors (Lipinski definition) is 2. The van der Waals surface area contributed by atoms with Crippen LogP contribution < -0.4 is 5.73 Å². The number of nitrogens with zero attached hydrogens (tertiary/aromatic N) is 1. The summed E-state index contributed by atoms with van der Waals surface area (Å²) in [4.78, 5) is 2.61. The summed E-state index contributed by atoms with van der Waals surface area (Å²) >= 11 is 0. The van der Waals surface area contributed by atoms with Gasteiger partial charge in [-0.05, 0) is 38.5 Å². The van der Waals surface area contributed by atoms with Crippen molar-refractivity contribution in [3.63, 3.8) is 0 Å². The molecule has 1 aliphatic heterocycles. The molecule has 2 N–H and O–H groups in total. The number of rotatable bonds is 3. The zero-order chi connectivity index (χ0) is 10.7. The topological polar surface area (TPSA) is 29.3 Å². The molecular formula is C12H26N2. The molecule has 14 heavy (non-hydrogen) atoms. The highest BCUT2D eigenvalue weighted by Gasteiger charge is 2.24. The Bertz CT molecular complexity index is 168. The molecule has 2 nitrogen and oxygen atoms in total. The molecular weight excluding hydrogens is 172 g/mol. The molecule has 84 valence electrons. The van der Waals surface area contributed by atoms with Gasteiger partial charge in [-0.15, -0.1) is 0 Å². The van der Waals surface area contributed by atoms with E-state index in [1.165, 1.54) is 25.9 Å². The van der Waals surface area contributed by atoms with Crippen LogP contribution in [0, 0.1) is 11.8 Å². The lowest BCUT2D eigenvalue weighted by molar-refractivity contribution is 0.104. The molecule has 0 aliphatic carbocycles. The van der Waals surface area contributed by atoms with Crippen LogP contribution in [0.15, 0.2) is 0 Å². The Morgan fingerprint density at radius 1 is 1.29 bits per heavy atom. The van der Waals surface area contributed by atoms with Crippen LogP contribution in [0.3, 0.4) is 0 Å². The zero-order valence-corrected chi connectivity index (χ0v) is 10.2. The third-order valence-corrected chi connectivity index (χ3v) is 3.67. The summed E-state index contributed by atoms with van der Waals surface area (Å²) in [6.45, 7) is 11.5. The monoisotopic (exact) mass is 198 g/mol. The maximum Gasteiger partial charge on any atom is 0.00672 e. The fourth-order valence-corrected chi connectivity index (χ4v) is 2.17. The normalized spacial score (nSPS) is 34.1. The minimum Gasteiger partial charge on any atom is -0.328 e. The van der Waals surface area contributed by atoms with Crippen molar-refractivity contribution in [2.75, 3.05) is 13.1 Å². The first-order chi connectivity index (χ1) is 6.50. The van der Waals surface area contributed by atoms with Gasteiger partial charge in [0.15, 0.2) is 0 Å². The fourth-order valence-electron chi connectivity index (χ4n) is 2.17. The molecule has 0 aromatic rings. The van der Waals surface area contributed by atoms with Crippen LogP contribution in [0.4, 0.5) is 0 Å². The van der Waals surface area contributed by atoms with Crippen LogP contribution in [0.25, 0.3) is 0 Å². The van der Waals surface area contributed by atoms with Crippen molar-refractivity contribution in [2.24, 2.45) is 17.6 Å². The second-order valence-electron chi connectivity index (χ2n) is 5.32. The van der Waals surface area contributed by atoms with Gasteiger partial charge < -0.3 is 10.6 Å². The van der Waals surface area contributed by atoms with Crippen LogP contribution in [-0.4, -0.2) is 30.1 Å². The van der Waals surface area contributed by atoms with Crippen molar-refractivity contribution in [1.82, 2.24) is 4.90 Å². The van der Waals surface area contributed by atoms with Gasteiger partial charge in [0.1, 0.15) is 0 Å². The lowest BCUT2D eigenvalue weighted by atomic mass is 9.93.